The van der Waals surface area contributed by atoms with Crippen molar-refractivity contribution in [3.63, 3.8) is 0 Å². The summed E-state index contributed by atoms with van der Waals surface area (Å²) in [6, 6.07) is 15.1. The van der Waals surface area contributed by atoms with Crippen LogP contribution in [0.1, 0.15) is 17.0 Å². The quantitative estimate of drug-likeness (QED) is 0.418. The van der Waals surface area contributed by atoms with Gasteiger partial charge in [0.05, 0.1) is 18.6 Å². The number of fused-ring (bicyclic) bond motifs is 1. The summed E-state index contributed by atoms with van der Waals surface area (Å²) in [5.74, 6) is 2.28. The molecule has 0 saturated carbocycles. The van der Waals surface area contributed by atoms with E-state index >= 15 is 0 Å². The molecule has 2 aliphatic heterocycles. The van der Waals surface area contributed by atoms with E-state index in [4.69, 9.17) is 18.9 Å². The first-order valence-corrected chi connectivity index (χ1v) is 12.4. The highest BCUT2D eigenvalue weighted by Crippen LogP contribution is 2.36. The lowest BCUT2D eigenvalue weighted by atomic mass is 10.2. The number of carbonyl (C=O) groups excluding carboxylic acids is 2. The molecule has 186 valence electrons. The molecule has 3 heterocycles. The SMILES string of the molecule is COc1ccccc1OCCN1C(=O)S/C(=C\c2cc(C)n(-c3ccc4c(c3)OCCO4)c2C)C1=O. The first kappa shape index (κ1) is 23.9. The summed E-state index contributed by atoms with van der Waals surface area (Å²) in [5, 5.41) is -0.310. The van der Waals surface area contributed by atoms with Gasteiger partial charge in [0.15, 0.2) is 23.0 Å². The number of ether oxygens (including phenoxy) is 4. The fraction of sp³-hybridized carbons (Fsp3) is 0.259. The van der Waals surface area contributed by atoms with E-state index in [1.165, 1.54) is 4.90 Å². The molecule has 8 nitrogen and oxygen atoms in total. The maximum atomic E-state index is 13.0. The smallest absolute Gasteiger partial charge is 0.293 e. The summed E-state index contributed by atoms with van der Waals surface area (Å²) in [5.41, 5.74) is 3.77. The molecule has 0 radical (unpaired) electrons. The minimum Gasteiger partial charge on any atom is -0.493 e. The monoisotopic (exact) mass is 506 g/mol. The summed E-state index contributed by atoms with van der Waals surface area (Å²) in [7, 11) is 1.56. The fourth-order valence-corrected chi connectivity index (χ4v) is 5.18. The highest BCUT2D eigenvalue weighted by atomic mass is 32.2. The first-order valence-electron chi connectivity index (χ1n) is 11.6. The Morgan fingerprint density at radius 3 is 2.53 bits per heavy atom. The van der Waals surface area contributed by atoms with Gasteiger partial charge < -0.3 is 23.5 Å². The third kappa shape index (κ3) is 4.54. The standard InChI is InChI=1S/C27H26N2O6S/c1-17-14-19(18(2)29(17)20-8-9-23-24(16-20)35-13-12-34-23)15-25-26(30)28(27(31)36-25)10-11-33-22-7-5-4-6-21(22)32-3/h4-9,14-16H,10-13H2,1-3H3/b25-15-. The van der Waals surface area contributed by atoms with E-state index in [2.05, 4.69) is 4.57 Å². The summed E-state index contributed by atoms with van der Waals surface area (Å²) in [6.45, 7) is 5.37. The number of imide groups is 1. The van der Waals surface area contributed by atoms with Crippen LogP contribution in [0.2, 0.25) is 0 Å². The minimum atomic E-state index is -0.322. The van der Waals surface area contributed by atoms with Gasteiger partial charge in [-0.1, -0.05) is 12.1 Å². The molecule has 2 amide bonds. The Balaban J connectivity index is 1.32. The maximum Gasteiger partial charge on any atom is 0.293 e. The van der Waals surface area contributed by atoms with Crippen LogP contribution in [0.5, 0.6) is 23.0 Å². The van der Waals surface area contributed by atoms with Gasteiger partial charge in [0.1, 0.15) is 19.8 Å². The normalized spacial score (nSPS) is 16.1. The fourth-order valence-electron chi connectivity index (χ4n) is 4.32. The lowest BCUT2D eigenvalue weighted by Crippen LogP contribution is -2.32. The van der Waals surface area contributed by atoms with E-state index in [9.17, 15) is 9.59 Å². The number of aromatic nitrogens is 1. The molecule has 1 fully saturated rings. The third-order valence-corrected chi connectivity index (χ3v) is 6.96. The zero-order valence-corrected chi connectivity index (χ0v) is 21.1. The van der Waals surface area contributed by atoms with Crippen molar-refractivity contribution < 1.29 is 28.5 Å². The van der Waals surface area contributed by atoms with Gasteiger partial charge in [-0.15, -0.1) is 0 Å². The van der Waals surface area contributed by atoms with Crippen LogP contribution >= 0.6 is 11.8 Å². The number of rotatable bonds is 7. The molecule has 9 heteroatoms. The lowest BCUT2D eigenvalue weighted by Gasteiger charge is -2.20. The summed E-state index contributed by atoms with van der Waals surface area (Å²) < 4.78 is 24.5. The first-order chi connectivity index (χ1) is 17.5. The van der Waals surface area contributed by atoms with Crippen molar-refractivity contribution in [2.24, 2.45) is 0 Å². The molecule has 0 aliphatic carbocycles. The molecule has 36 heavy (non-hydrogen) atoms. The van der Waals surface area contributed by atoms with Gasteiger partial charge in [0.25, 0.3) is 11.1 Å². The van der Waals surface area contributed by atoms with Crippen molar-refractivity contribution in [2.75, 3.05) is 33.5 Å². The number of hydrogen-bond donors (Lipinski definition) is 0. The maximum absolute atomic E-state index is 13.0. The number of nitrogens with zero attached hydrogens (tertiary/aromatic N) is 2. The van der Waals surface area contributed by atoms with Crippen molar-refractivity contribution in [2.45, 2.75) is 13.8 Å². The Morgan fingerprint density at radius 2 is 1.75 bits per heavy atom. The van der Waals surface area contributed by atoms with Crippen molar-refractivity contribution in [1.82, 2.24) is 9.47 Å². The summed E-state index contributed by atoms with van der Waals surface area (Å²) in [4.78, 5) is 27.2. The molecule has 0 bridgehead atoms. The largest absolute Gasteiger partial charge is 0.493 e. The van der Waals surface area contributed by atoms with E-state index in [1.807, 2.05) is 50.2 Å². The van der Waals surface area contributed by atoms with Crippen molar-refractivity contribution in [3.05, 3.63) is 70.4 Å². The second-order valence-electron chi connectivity index (χ2n) is 8.32. The highest BCUT2D eigenvalue weighted by molar-refractivity contribution is 8.18. The zero-order chi connectivity index (χ0) is 25.2. The molecular formula is C27H26N2O6S. The van der Waals surface area contributed by atoms with Gasteiger partial charge in [0.2, 0.25) is 0 Å². The Labute approximate surface area is 213 Å². The second kappa shape index (κ2) is 10.0. The van der Waals surface area contributed by atoms with Gasteiger partial charge in [-0.05, 0) is 67.6 Å². The van der Waals surface area contributed by atoms with E-state index in [0.717, 1.165) is 40.2 Å². The average molecular weight is 507 g/mol. The summed E-state index contributed by atoms with van der Waals surface area (Å²) in [6.07, 6.45) is 1.78. The topological polar surface area (TPSA) is 79.2 Å². The predicted octanol–water partition coefficient (Wildman–Crippen LogP) is 4.99. The van der Waals surface area contributed by atoms with E-state index < -0.39 is 0 Å². The molecular weight excluding hydrogens is 480 g/mol. The van der Waals surface area contributed by atoms with Crippen molar-refractivity contribution in [1.29, 1.82) is 0 Å². The van der Waals surface area contributed by atoms with Crippen LogP contribution in [-0.2, 0) is 4.79 Å². The number of amides is 2. The number of carbonyl (C=O) groups is 2. The molecule has 0 unspecified atom stereocenters. The van der Waals surface area contributed by atoms with Crippen LogP contribution in [0.15, 0.2) is 53.4 Å². The van der Waals surface area contributed by atoms with Gasteiger partial charge in [0, 0.05) is 23.1 Å². The number of methoxy groups -OCH3 is 1. The van der Waals surface area contributed by atoms with Crippen molar-refractivity contribution >= 4 is 29.0 Å². The lowest BCUT2D eigenvalue weighted by molar-refractivity contribution is -0.123. The van der Waals surface area contributed by atoms with Crippen LogP contribution in [0.4, 0.5) is 4.79 Å². The zero-order valence-electron chi connectivity index (χ0n) is 20.3. The Morgan fingerprint density at radius 1 is 1.00 bits per heavy atom. The highest BCUT2D eigenvalue weighted by Gasteiger charge is 2.35. The molecule has 2 aliphatic rings. The molecule has 0 atom stereocenters. The molecule has 0 spiro atoms. The van der Waals surface area contributed by atoms with Crippen LogP contribution in [-0.4, -0.2) is 54.1 Å². The second-order valence-corrected chi connectivity index (χ2v) is 9.32. The Hall–Kier alpha value is -3.85. The van der Waals surface area contributed by atoms with Gasteiger partial charge >= 0.3 is 0 Å². The van der Waals surface area contributed by atoms with Gasteiger partial charge in [-0.3, -0.25) is 14.5 Å². The number of aryl methyl sites for hydroxylation is 1. The number of benzene rings is 2. The minimum absolute atomic E-state index is 0.149. The van der Waals surface area contributed by atoms with Gasteiger partial charge in [-0.2, -0.15) is 0 Å². The van der Waals surface area contributed by atoms with E-state index in [-0.39, 0.29) is 24.3 Å². The van der Waals surface area contributed by atoms with Crippen LogP contribution in [0, 0.1) is 13.8 Å². The molecule has 3 aromatic rings. The average Bonchev–Trinajstić information content (AvgIpc) is 3.32. The van der Waals surface area contributed by atoms with Crippen LogP contribution in [0.25, 0.3) is 11.8 Å². The molecule has 1 saturated heterocycles. The van der Waals surface area contributed by atoms with Gasteiger partial charge in [-0.25, -0.2) is 0 Å². The molecule has 2 aromatic carbocycles. The van der Waals surface area contributed by atoms with Crippen LogP contribution < -0.4 is 18.9 Å². The number of para-hydroxylation sites is 2. The summed E-state index contributed by atoms with van der Waals surface area (Å²) >= 11 is 0.941. The Bertz CT molecular complexity index is 1360. The number of thioether (sulfide) groups is 1. The van der Waals surface area contributed by atoms with Crippen LogP contribution in [0.3, 0.4) is 0 Å². The third-order valence-electron chi connectivity index (χ3n) is 6.06. The molecule has 1 aromatic heterocycles. The van der Waals surface area contributed by atoms with Crippen molar-refractivity contribution in [3.8, 4) is 28.7 Å². The molecule has 5 rings (SSSR count). The Kier molecular flexibility index (Phi) is 6.65. The number of hydrogen-bond acceptors (Lipinski definition) is 7. The van der Waals surface area contributed by atoms with E-state index in [1.54, 1.807) is 25.3 Å². The predicted molar refractivity (Wildman–Crippen MR) is 137 cm³/mol. The van der Waals surface area contributed by atoms with E-state index in [0.29, 0.717) is 35.4 Å². The molecule has 0 N–H and O–H groups in total.